The summed E-state index contributed by atoms with van der Waals surface area (Å²) in [4.78, 5) is 12.1. The molecule has 0 bridgehead atoms. The van der Waals surface area contributed by atoms with Crippen LogP contribution in [0.25, 0.3) is 0 Å². The number of para-hydroxylation sites is 2. The zero-order valence-electron chi connectivity index (χ0n) is 15.0. The number of nitrogens with one attached hydrogen (secondary N) is 1. The molecule has 2 aromatic carbocycles. The Balaban J connectivity index is 1.32. The molecule has 0 aliphatic carbocycles. The van der Waals surface area contributed by atoms with E-state index in [-0.39, 0.29) is 18.3 Å². The van der Waals surface area contributed by atoms with Gasteiger partial charge in [0.05, 0.1) is 12.9 Å². The van der Waals surface area contributed by atoms with Crippen LogP contribution in [0.5, 0.6) is 17.2 Å². The average molecular weight is 399 g/mol. The lowest BCUT2D eigenvalue weighted by molar-refractivity contribution is -0.113. The van der Waals surface area contributed by atoms with Crippen molar-refractivity contribution in [2.45, 2.75) is 11.3 Å². The molecule has 0 fully saturated rings. The maximum atomic E-state index is 12.1. The molecule has 1 aliphatic heterocycles. The quantitative estimate of drug-likeness (QED) is 0.631. The highest BCUT2D eigenvalue weighted by atomic mass is 32.2. The minimum absolute atomic E-state index is 0.129. The minimum atomic E-state index is -0.484. The molecule has 0 radical (unpaired) electrons. The molecular formula is C19H17N3O5S. The molecular weight excluding hydrogens is 382 g/mol. The van der Waals surface area contributed by atoms with Crippen LogP contribution in [-0.2, 0) is 4.79 Å². The number of nitrogens with zero attached hydrogens (tertiary/aromatic N) is 2. The Hall–Kier alpha value is -3.20. The number of thioether (sulfide) groups is 1. The molecule has 1 amide bonds. The third-order valence-electron chi connectivity index (χ3n) is 3.89. The van der Waals surface area contributed by atoms with E-state index in [4.69, 9.17) is 18.6 Å². The first-order valence-corrected chi connectivity index (χ1v) is 9.48. The van der Waals surface area contributed by atoms with Crippen molar-refractivity contribution in [2.24, 2.45) is 0 Å². The third-order valence-corrected chi connectivity index (χ3v) is 4.70. The molecule has 3 aromatic rings. The van der Waals surface area contributed by atoms with Gasteiger partial charge in [-0.2, -0.15) is 0 Å². The van der Waals surface area contributed by atoms with Crippen molar-refractivity contribution in [3.05, 3.63) is 54.4 Å². The number of anilines is 1. The number of aromatic nitrogens is 2. The Bertz CT molecular complexity index is 977. The predicted molar refractivity (Wildman–Crippen MR) is 102 cm³/mol. The first-order chi connectivity index (χ1) is 13.7. The van der Waals surface area contributed by atoms with Gasteiger partial charge >= 0.3 is 0 Å². The number of benzene rings is 2. The maximum absolute atomic E-state index is 12.1. The maximum Gasteiger partial charge on any atom is 0.277 e. The predicted octanol–water partition coefficient (Wildman–Crippen LogP) is 3.32. The third kappa shape index (κ3) is 4.20. The zero-order valence-corrected chi connectivity index (χ0v) is 15.8. The summed E-state index contributed by atoms with van der Waals surface area (Å²) in [6, 6.07) is 14.5. The standard InChI is InChI=1S/C19H17N3O5S/c1-24-13-6-4-5-12(9-13)20-17(23)11-28-19-22-21-18(27-19)16-10-25-14-7-2-3-8-15(14)26-16/h2-9,16H,10-11H2,1H3,(H,20,23)/t16-/m1/s1. The van der Waals surface area contributed by atoms with E-state index in [0.717, 1.165) is 11.8 Å². The summed E-state index contributed by atoms with van der Waals surface area (Å²) in [5.41, 5.74) is 0.655. The topological polar surface area (TPSA) is 95.7 Å². The zero-order chi connectivity index (χ0) is 19.3. The molecule has 8 nitrogen and oxygen atoms in total. The number of hydrogen-bond acceptors (Lipinski definition) is 8. The molecule has 2 heterocycles. The van der Waals surface area contributed by atoms with Crippen molar-refractivity contribution < 1.29 is 23.4 Å². The summed E-state index contributed by atoms with van der Waals surface area (Å²) < 4.78 is 22.2. The Morgan fingerprint density at radius 3 is 2.93 bits per heavy atom. The van der Waals surface area contributed by atoms with E-state index in [1.165, 1.54) is 0 Å². The van der Waals surface area contributed by atoms with Crippen LogP contribution in [0, 0.1) is 0 Å². The van der Waals surface area contributed by atoms with Crippen molar-refractivity contribution in [3.63, 3.8) is 0 Å². The summed E-state index contributed by atoms with van der Waals surface area (Å²) in [5, 5.41) is 11.1. The van der Waals surface area contributed by atoms with Crippen LogP contribution < -0.4 is 19.5 Å². The van der Waals surface area contributed by atoms with Crippen LogP contribution in [0.1, 0.15) is 12.0 Å². The van der Waals surface area contributed by atoms with E-state index in [9.17, 15) is 4.79 Å². The first kappa shape index (κ1) is 18.2. The number of rotatable bonds is 6. The Morgan fingerprint density at radius 2 is 2.07 bits per heavy atom. The number of methoxy groups -OCH3 is 1. The monoisotopic (exact) mass is 399 g/mol. The van der Waals surface area contributed by atoms with Gasteiger partial charge in [0.2, 0.25) is 12.0 Å². The van der Waals surface area contributed by atoms with Crippen molar-refractivity contribution >= 4 is 23.4 Å². The first-order valence-electron chi connectivity index (χ1n) is 8.50. The summed E-state index contributed by atoms with van der Waals surface area (Å²) in [6.07, 6.45) is -0.484. The molecule has 0 saturated heterocycles. The molecule has 144 valence electrons. The highest BCUT2D eigenvalue weighted by Crippen LogP contribution is 2.35. The molecule has 4 rings (SSSR count). The van der Waals surface area contributed by atoms with Crippen LogP contribution in [0.3, 0.4) is 0 Å². The fourth-order valence-corrected chi connectivity index (χ4v) is 3.14. The highest BCUT2D eigenvalue weighted by Gasteiger charge is 2.27. The summed E-state index contributed by atoms with van der Waals surface area (Å²) in [5.74, 6) is 2.23. The molecule has 1 aromatic heterocycles. The molecule has 0 saturated carbocycles. The normalized spacial score (nSPS) is 15.1. The van der Waals surface area contributed by atoms with E-state index in [1.807, 2.05) is 24.3 Å². The van der Waals surface area contributed by atoms with E-state index in [2.05, 4.69) is 15.5 Å². The Kier molecular flexibility index (Phi) is 5.34. The molecule has 1 atom stereocenters. The van der Waals surface area contributed by atoms with Gasteiger partial charge in [0, 0.05) is 11.8 Å². The second-order valence-electron chi connectivity index (χ2n) is 5.84. The van der Waals surface area contributed by atoms with Gasteiger partial charge in [0.15, 0.2) is 11.5 Å². The number of fused-ring (bicyclic) bond motifs is 1. The summed E-state index contributed by atoms with van der Waals surface area (Å²) in [7, 11) is 1.57. The molecule has 1 N–H and O–H groups in total. The lowest BCUT2D eigenvalue weighted by Crippen LogP contribution is -2.21. The molecule has 0 unspecified atom stereocenters. The lowest BCUT2D eigenvalue weighted by Gasteiger charge is -2.23. The number of carbonyl (C=O) groups is 1. The van der Waals surface area contributed by atoms with Gasteiger partial charge in [0.1, 0.15) is 12.4 Å². The van der Waals surface area contributed by atoms with Gasteiger partial charge < -0.3 is 23.9 Å². The second kappa shape index (κ2) is 8.22. The van der Waals surface area contributed by atoms with Crippen molar-refractivity contribution in [3.8, 4) is 17.2 Å². The van der Waals surface area contributed by atoms with Crippen molar-refractivity contribution in [2.75, 3.05) is 24.8 Å². The van der Waals surface area contributed by atoms with Gasteiger partial charge in [-0.15, -0.1) is 10.2 Å². The second-order valence-corrected chi connectivity index (χ2v) is 6.77. The number of amides is 1. The van der Waals surface area contributed by atoms with E-state index < -0.39 is 6.10 Å². The molecule has 0 spiro atoms. The van der Waals surface area contributed by atoms with E-state index in [1.54, 1.807) is 31.4 Å². The van der Waals surface area contributed by atoms with Gasteiger partial charge in [-0.25, -0.2) is 0 Å². The highest BCUT2D eigenvalue weighted by molar-refractivity contribution is 7.99. The van der Waals surface area contributed by atoms with Crippen LogP contribution in [0.15, 0.2) is 58.2 Å². The van der Waals surface area contributed by atoms with E-state index in [0.29, 0.717) is 34.0 Å². The van der Waals surface area contributed by atoms with Crippen LogP contribution in [0.4, 0.5) is 5.69 Å². The molecule has 28 heavy (non-hydrogen) atoms. The summed E-state index contributed by atoms with van der Waals surface area (Å²) >= 11 is 1.15. The average Bonchev–Trinajstić information content (AvgIpc) is 3.21. The van der Waals surface area contributed by atoms with Crippen LogP contribution >= 0.6 is 11.8 Å². The molecule has 1 aliphatic rings. The van der Waals surface area contributed by atoms with Gasteiger partial charge in [-0.3, -0.25) is 4.79 Å². The Morgan fingerprint density at radius 1 is 1.21 bits per heavy atom. The Labute approximate surface area is 165 Å². The fourth-order valence-electron chi connectivity index (χ4n) is 2.58. The minimum Gasteiger partial charge on any atom is -0.497 e. The van der Waals surface area contributed by atoms with Crippen LogP contribution in [-0.4, -0.2) is 35.6 Å². The molecule has 9 heteroatoms. The SMILES string of the molecule is COc1cccc(NC(=O)CSc2nnc([C@H]3COc4ccccc4O3)o2)c1. The number of hydrogen-bond donors (Lipinski definition) is 1. The lowest BCUT2D eigenvalue weighted by atomic mass is 10.2. The smallest absolute Gasteiger partial charge is 0.277 e. The fraction of sp³-hybridized carbons (Fsp3) is 0.211. The van der Waals surface area contributed by atoms with Crippen molar-refractivity contribution in [1.82, 2.24) is 10.2 Å². The van der Waals surface area contributed by atoms with Crippen LogP contribution in [0.2, 0.25) is 0 Å². The largest absolute Gasteiger partial charge is 0.497 e. The number of ether oxygens (including phenoxy) is 3. The van der Waals surface area contributed by atoms with Gasteiger partial charge in [-0.05, 0) is 24.3 Å². The number of carbonyl (C=O) groups excluding carboxylic acids is 1. The van der Waals surface area contributed by atoms with Gasteiger partial charge in [-0.1, -0.05) is 30.0 Å². The van der Waals surface area contributed by atoms with Crippen molar-refractivity contribution in [1.29, 1.82) is 0 Å². The van der Waals surface area contributed by atoms with E-state index >= 15 is 0 Å². The van der Waals surface area contributed by atoms with Gasteiger partial charge in [0.25, 0.3) is 11.1 Å². The summed E-state index contributed by atoms with van der Waals surface area (Å²) in [6.45, 7) is 0.277.